The first-order valence-corrected chi connectivity index (χ1v) is 9.18. The largest absolute Gasteiger partial charge is 0.444 e. The van der Waals surface area contributed by atoms with E-state index in [1.54, 1.807) is 0 Å². The zero-order chi connectivity index (χ0) is 15.7. The lowest BCUT2D eigenvalue weighted by atomic mass is 9.96. The smallest absolute Gasteiger partial charge is 0.410 e. The predicted molar refractivity (Wildman–Crippen MR) is 87.8 cm³/mol. The van der Waals surface area contributed by atoms with E-state index >= 15 is 0 Å². The van der Waals surface area contributed by atoms with Crippen molar-refractivity contribution in [3.63, 3.8) is 0 Å². The van der Waals surface area contributed by atoms with Gasteiger partial charge in [-0.25, -0.2) is 4.79 Å². The van der Waals surface area contributed by atoms with Crippen LogP contribution in [-0.2, 0) is 4.74 Å². The molecule has 1 heterocycles. The number of hydrogen-bond donors (Lipinski definition) is 1. The number of likely N-dealkylation sites (tertiary alicyclic amines) is 1. The molecule has 1 amide bonds. The minimum Gasteiger partial charge on any atom is -0.444 e. The maximum Gasteiger partial charge on any atom is 0.410 e. The van der Waals surface area contributed by atoms with Gasteiger partial charge in [0.25, 0.3) is 0 Å². The van der Waals surface area contributed by atoms with Crippen molar-refractivity contribution in [1.82, 2.24) is 10.2 Å². The van der Waals surface area contributed by atoms with Crippen molar-refractivity contribution < 1.29 is 9.53 Å². The Kier molecular flexibility index (Phi) is 4.67. The second-order valence-electron chi connectivity index (χ2n) is 8.45. The maximum absolute atomic E-state index is 12.1. The second kappa shape index (κ2) is 6.38. The first kappa shape index (κ1) is 16.1. The lowest BCUT2D eigenvalue weighted by molar-refractivity contribution is 0.0268. The number of piperidine rings is 1. The van der Waals surface area contributed by atoms with Crippen molar-refractivity contribution >= 4 is 6.09 Å². The molecule has 0 bridgehead atoms. The van der Waals surface area contributed by atoms with E-state index in [9.17, 15) is 4.79 Å². The van der Waals surface area contributed by atoms with E-state index in [1.165, 1.54) is 44.9 Å². The number of nitrogens with one attached hydrogen (secondary N) is 1. The standard InChI is InChI=1S/C18H32N2O2/c1-18(2,3)22-17(21)20-11-14-15(12-20)16(14)19-13-9-7-5-4-6-8-10-13/h13-16,19H,4-12H2,1-3H3. The third-order valence-electron chi connectivity index (χ3n) is 5.38. The minimum atomic E-state index is -0.389. The SMILES string of the molecule is CC(C)(C)OC(=O)N1CC2C(C1)C2NC1CCCCCCC1. The van der Waals surface area contributed by atoms with E-state index in [2.05, 4.69) is 5.32 Å². The fourth-order valence-corrected chi connectivity index (χ4v) is 4.14. The molecule has 0 spiro atoms. The van der Waals surface area contributed by atoms with Gasteiger partial charge in [0.2, 0.25) is 0 Å². The number of ether oxygens (including phenoxy) is 1. The van der Waals surface area contributed by atoms with Crippen molar-refractivity contribution in [3.05, 3.63) is 0 Å². The highest BCUT2D eigenvalue weighted by molar-refractivity contribution is 5.69. The molecule has 2 aliphatic carbocycles. The summed E-state index contributed by atoms with van der Waals surface area (Å²) in [5.74, 6) is 1.33. The fourth-order valence-electron chi connectivity index (χ4n) is 4.14. The first-order chi connectivity index (χ1) is 10.4. The summed E-state index contributed by atoms with van der Waals surface area (Å²) in [7, 11) is 0. The van der Waals surface area contributed by atoms with E-state index in [1.807, 2.05) is 25.7 Å². The van der Waals surface area contributed by atoms with Crippen LogP contribution in [0.3, 0.4) is 0 Å². The van der Waals surface area contributed by atoms with Gasteiger partial charge in [-0.3, -0.25) is 0 Å². The van der Waals surface area contributed by atoms with Crippen LogP contribution in [0.4, 0.5) is 4.79 Å². The van der Waals surface area contributed by atoms with Crippen LogP contribution in [0.5, 0.6) is 0 Å². The van der Waals surface area contributed by atoms with Gasteiger partial charge in [0.05, 0.1) is 0 Å². The van der Waals surface area contributed by atoms with Crippen LogP contribution in [0.1, 0.15) is 65.7 Å². The monoisotopic (exact) mass is 308 g/mol. The Labute approximate surface area is 135 Å². The Morgan fingerprint density at radius 2 is 1.55 bits per heavy atom. The quantitative estimate of drug-likeness (QED) is 0.848. The summed E-state index contributed by atoms with van der Waals surface area (Å²) < 4.78 is 5.47. The van der Waals surface area contributed by atoms with Gasteiger partial charge in [0.1, 0.15) is 5.60 Å². The molecule has 4 nitrogen and oxygen atoms in total. The molecule has 4 heteroatoms. The third-order valence-corrected chi connectivity index (χ3v) is 5.38. The number of nitrogens with zero attached hydrogens (tertiary/aromatic N) is 1. The van der Waals surface area contributed by atoms with E-state index in [0.717, 1.165) is 13.1 Å². The molecule has 126 valence electrons. The third kappa shape index (κ3) is 3.95. The number of rotatable bonds is 2. The van der Waals surface area contributed by atoms with Gasteiger partial charge in [-0.1, -0.05) is 32.1 Å². The van der Waals surface area contributed by atoms with E-state index in [-0.39, 0.29) is 11.7 Å². The summed E-state index contributed by atoms with van der Waals surface area (Å²) in [5, 5.41) is 3.89. The molecule has 1 N–H and O–H groups in total. The van der Waals surface area contributed by atoms with Gasteiger partial charge in [-0.05, 0) is 45.4 Å². The predicted octanol–water partition coefficient (Wildman–Crippen LogP) is 3.55. The van der Waals surface area contributed by atoms with Gasteiger partial charge >= 0.3 is 6.09 Å². The maximum atomic E-state index is 12.1. The van der Waals surface area contributed by atoms with Crippen LogP contribution in [-0.4, -0.2) is 41.8 Å². The number of amides is 1. The molecule has 0 aromatic heterocycles. The molecule has 3 aliphatic rings. The molecular weight excluding hydrogens is 276 g/mol. The molecule has 0 aromatic rings. The van der Waals surface area contributed by atoms with Crippen molar-refractivity contribution in [2.75, 3.05) is 13.1 Å². The first-order valence-electron chi connectivity index (χ1n) is 9.18. The zero-order valence-corrected chi connectivity index (χ0v) is 14.4. The van der Waals surface area contributed by atoms with Crippen LogP contribution < -0.4 is 5.32 Å². The van der Waals surface area contributed by atoms with Crippen LogP contribution in [0.25, 0.3) is 0 Å². The number of fused-ring (bicyclic) bond motifs is 1. The number of carbonyl (C=O) groups is 1. The zero-order valence-electron chi connectivity index (χ0n) is 14.4. The van der Waals surface area contributed by atoms with Crippen molar-refractivity contribution in [2.45, 2.75) is 83.4 Å². The summed E-state index contributed by atoms with van der Waals surface area (Å²) in [6, 6.07) is 1.37. The molecule has 2 atom stereocenters. The number of carbonyl (C=O) groups excluding carboxylic acids is 1. The van der Waals surface area contributed by atoms with Gasteiger partial charge in [-0.2, -0.15) is 0 Å². The lowest BCUT2D eigenvalue weighted by Crippen LogP contribution is -2.41. The van der Waals surface area contributed by atoms with E-state index in [0.29, 0.717) is 23.9 Å². The van der Waals surface area contributed by atoms with Gasteiger partial charge in [0.15, 0.2) is 0 Å². The minimum absolute atomic E-state index is 0.135. The second-order valence-corrected chi connectivity index (χ2v) is 8.45. The summed E-state index contributed by atoms with van der Waals surface area (Å²) in [5.41, 5.74) is -0.389. The van der Waals surface area contributed by atoms with Crippen molar-refractivity contribution in [2.24, 2.45) is 11.8 Å². The molecule has 2 unspecified atom stereocenters. The highest BCUT2D eigenvalue weighted by Crippen LogP contribution is 2.46. The van der Waals surface area contributed by atoms with Crippen molar-refractivity contribution in [1.29, 1.82) is 0 Å². The van der Waals surface area contributed by atoms with Crippen LogP contribution in [0.2, 0.25) is 0 Å². The molecule has 22 heavy (non-hydrogen) atoms. The average molecular weight is 308 g/mol. The molecule has 0 radical (unpaired) electrons. The van der Waals surface area contributed by atoms with Crippen LogP contribution in [0.15, 0.2) is 0 Å². The fraction of sp³-hybridized carbons (Fsp3) is 0.944. The van der Waals surface area contributed by atoms with Crippen LogP contribution >= 0.6 is 0 Å². The molecule has 1 aliphatic heterocycles. The Hall–Kier alpha value is -0.770. The lowest BCUT2D eigenvalue weighted by Gasteiger charge is -2.27. The highest BCUT2D eigenvalue weighted by Gasteiger charge is 2.57. The Morgan fingerprint density at radius 3 is 2.09 bits per heavy atom. The number of hydrogen-bond acceptors (Lipinski definition) is 3. The normalized spacial score (nSPS) is 33.0. The Balaban J connectivity index is 1.41. The molecule has 0 aromatic carbocycles. The summed E-state index contributed by atoms with van der Waals surface area (Å²) in [6.07, 6.45) is 9.53. The topological polar surface area (TPSA) is 41.6 Å². The highest BCUT2D eigenvalue weighted by atomic mass is 16.6. The summed E-state index contributed by atoms with van der Waals surface area (Å²) in [4.78, 5) is 14.0. The van der Waals surface area contributed by atoms with E-state index < -0.39 is 0 Å². The molecule has 3 fully saturated rings. The van der Waals surface area contributed by atoms with Crippen LogP contribution in [0, 0.1) is 11.8 Å². The Morgan fingerprint density at radius 1 is 1.00 bits per heavy atom. The van der Waals surface area contributed by atoms with Gasteiger partial charge in [-0.15, -0.1) is 0 Å². The molecule has 2 saturated carbocycles. The Bertz CT molecular complexity index is 384. The van der Waals surface area contributed by atoms with Gasteiger partial charge in [0, 0.05) is 25.2 Å². The van der Waals surface area contributed by atoms with Gasteiger partial charge < -0.3 is 15.0 Å². The summed E-state index contributed by atoms with van der Waals surface area (Å²) in [6.45, 7) is 7.55. The van der Waals surface area contributed by atoms with E-state index in [4.69, 9.17) is 4.74 Å². The molecular formula is C18H32N2O2. The average Bonchev–Trinajstić information content (AvgIpc) is 2.82. The summed E-state index contributed by atoms with van der Waals surface area (Å²) >= 11 is 0. The molecule has 1 saturated heterocycles. The van der Waals surface area contributed by atoms with Crippen molar-refractivity contribution in [3.8, 4) is 0 Å². The molecule has 3 rings (SSSR count).